The number of carbonyl (C=O) groups is 1. The molecule has 0 spiro atoms. The second-order valence-corrected chi connectivity index (χ2v) is 6.91. The smallest absolute Gasteiger partial charge is 0.256 e. The van der Waals surface area contributed by atoms with Gasteiger partial charge in [-0.3, -0.25) is 4.79 Å². The second-order valence-electron chi connectivity index (χ2n) is 6.91. The van der Waals surface area contributed by atoms with Crippen LogP contribution in [0.15, 0.2) is 24.4 Å². The average Bonchev–Trinajstić information content (AvgIpc) is 3.05. The Morgan fingerprint density at radius 3 is 2.74 bits per heavy atom. The number of hydrogen-bond donors (Lipinski definition) is 1. The first-order valence-corrected chi connectivity index (χ1v) is 9.09. The van der Waals surface area contributed by atoms with Gasteiger partial charge < -0.3 is 10.1 Å². The fraction of sp³-hybridized carbons (Fsp3) is 0.381. The largest absolute Gasteiger partial charge is 0.383 e. The van der Waals surface area contributed by atoms with Crippen molar-refractivity contribution in [1.29, 1.82) is 0 Å². The Kier molecular flexibility index (Phi) is 5.56. The molecule has 0 atom stereocenters. The van der Waals surface area contributed by atoms with Gasteiger partial charge in [-0.2, -0.15) is 5.10 Å². The van der Waals surface area contributed by atoms with Crippen LogP contribution in [0.1, 0.15) is 44.0 Å². The minimum absolute atomic E-state index is 0.185. The number of ether oxygens (including phenoxy) is 1. The number of nitrogens with one attached hydrogen (secondary N) is 1. The SMILES string of the molecule is COCCNC(=O)c1cnn2c(C)c(Cc3cc(C)ccc3C)c(C)nc12. The number of fused-ring (bicyclic) bond motifs is 1. The van der Waals surface area contributed by atoms with E-state index < -0.39 is 0 Å². The van der Waals surface area contributed by atoms with Crippen molar-refractivity contribution >= 4 is 11.6 Å². The van der Waals surface area contributed by atoms with Crippen molar-refractivity contribution in [3.63, 3.8) is 0 Å². The Labute approximate surface area is 159 Å². The number of rotatable bonds is 6. The second kappa shape index (κ2) is 7.88. The minimum Gasteiger partial charge on any atom is -0.383 e. The monoisotopic (exact) mass is 366 g/mol. The molecule has 6 heteroatoms. The van der Waals surface area contributed by atoms with Gasteiger partial charge in [0.2, 0.25) is 0 Å². The van der Waals surface area contributed by atoms with Gasteiger partial charge in [-0.15, -0.1) is 0 Å². The van der Waals surface area contributed by atoms with Crippen LogP contribution in [0.4, 0.5) is 0 Å². The molecule has 0 radical (unpaired) electrons. The topological polar surface area (TPSA) is 68.5 Å². The molecule has 2 heterocycles. The Morgan fingerprint density at radius 2 is 2.00 bits per heavy atom. The maximum atomic E-state index is 12.4. The molecule has 0 saturated heterocycles. The lowest BCUT2D eigenvalue weighted by molar-refractivity contribution is 0.0938. The van der Waals surface area contributed by atoms with Crippen LogP contribution in [0.25, 0.3) is 5.65 Å². The molecule has 1 aromatic carbocycles. The number of carbonyl (C=O) groups excluding carboxylic acids is 1. The van der Waals surface area contributed by atoms with Gasteiger partial charge in [-0.25, -0.2) is 9.50 Å². The minimum atomic E-state index is -0.185. The van der Waals surface area contributed by atoms with Crippen molar-refractivity contribution in [1.82, 2.24) is 19.9 Å². The molecule has 27 heavy (non-hydrogen) atoms. The van der Waals surface area contributed by atoms with Gasteiger partial charge in [0.05, 0.1) is 12.8 Å². The number of aromatic nitrogens is 3. The highest BCUT2D eigenvalue weighted by molar-refractivity contribution is 5.99. The predicted octanol–water partition coefficient (Wildman–Crippen LogP) is 2.93. The summed E-state index contributed by atoms with van der Waals surface area (Å²) in [6, 6.07) is 6.50. The molecule has 3 rings (SSSR count). The number of amides is 1. The first-order chi connectivity index (χ1) is 12.9. The van der Waals surface area contributed by atoms with Crippen LogP contribution >= 0.6 is 0 Å². The Hall–Kier alpha value is -2.73. The summed E-state index contributed by atoms with van der Waals surface area (Å²) in [6.45, 7) is 9.18. The van der Waals surface area contributed by atoms with Gasteiger partial charge >= 0.3 is 0 Å². The number of hydrogen-bond acceptors (Lipinski definition) is 4. The van der Waals surface area contributed by atoms with Gasteiger partial charge in [-0.05, 0) is 44.4 Å². The van der Waals surface area contributed by atoms with Crippen molar-refractivity contribution in [2.75, 3.05) is 20.3 Å². The summed E-state index contributed by atoms with van der Waals surface area (Å²) < 4.78 is 6.74. The van der Waals surface area contributed by atoms with Crippen molar-refractivity contribution in [3.05, 3.63) is 63.6 Å². The molecular weight excluding hydrogens is 340 g/mol. The number of methoxy groups -OCH3 is 1. The molecular formula is C21H26N4O2. The zero-order valence-electron chi connectivity index (χ0n) is 16.6. The number of benzene rings is 1. The quantitative estimate of drug-likeness (QED) is 0.681. The molecule has 1 N–H and O–H groups in total. The molecule has 0 aliphatic carbocycles. The summed E-state index contributed by atoms with van der Waals surface area (Å²) in [5, 5.41) is 7.24. The molecule has 0 aliphatic heterocycles. The zero-order chi connectivity index (χ0) is 19.6. The summed E-state index contributed by atoms with van der Waals surface area (Å²) in [7, 11) is 1.60. The first kappa shape index (κ1) is 19.0. The standard InChI is InChI=1S/C21H26N4O2/c1-13-6-7-14(2)17(10-13)11-18-15(3)24-20-19(12-23-25(20)16(18)4)21(26)22-8-9-27-5/h6-7,10,12H,8-9,11H2,1-5H3,(H,22,26). The van der Waals surface area contributed by atoms with Gasteiger partial charge in [0.25, 0.3) is 5.91 Å². The molecule has 0 bridgehead atoms. The van der Waals surface area contributed by atoms with Crippen LogP contribution in [0.5, 0.6) is 0 Å². The van der Waals surface area contributed by atoms with Crippen LogP contribution < -0.4 is 5.32 Å². The summed E-state index contributed by atoms with van der Waals surface area (Å²) in [4.78, 5) is 17.1. The maximum absolute atomic E-state index is 12.4. The van der Waals surface area contributed by atoms with E-state index in [1.54, 1.807) is 17.8 Å². The van der Waals surface area contributed by atoms with Crippen LogP contribution in [0, 0.1) is 27.7 Å². The van der Waals surface area contributed by atoms with Gasteiger partial charge in [-0.1, -0.05) is 23.8 Å². The van der Waals surface area contributed by atoms with Crippen molar-refractivity contribution < 1.29 is 9.53 Å². The zero-order valence-corrected chi connectivity index (χ0v) is 16.6. The summed E-state index contributed by atoms with van der Waals surface area (Å²) in [5.74, 6) is -0.185. The average molecular weight is 366 g/mol. The molecule has 0 unspecified atom stereocenters. The number of aryl methyl sites for hydroxylation is 4. The van der Waals surface area contributed by atoms with Crippen LogP contribution in [0.2, 0.25) is 0 Å². The van der Waals surface area contributed by atoms with Crippen LogP contribution in [-0.2, 0) is 11.2 Å². The van der Waals surface area contributed by atoms with Crippen molar-refractivity contribution in [2.45, 2.75) is 34.1 Å². The van der Waals surface area contributed by atoms with E-state index in [9.17, 15) is 4.79 Å². The fourth-order valence-electron chi connectivity index (χ4n) is 3.27. The predicted molar refractivity (Wildman–Crippen MR) is 105 cm³/mol. The molecule has 142 valence electrons. The van der Waals surface area contributed by atoms with E-state index in [0.717, 1.165) is 23.4 Å². The summed E-state index contributed by atoms with van der Waals surface area (Å²) >= 11 is 0. The summed E-state index contributed by atoms with van der Waals surface area (Å²) in [5.41, 5.74) is 7.94. The summed E-state index contributed by atoms with van der Waals surface area (Å²) in [6.07, 6.45) is 2.38. The van der Waals surface area contributed by atoms with Crippen LogP contribution in [0.3, 0.4) is 0 Å². The van der Waals surface area contributed by atoms with E-state index in [0.29, 0.717) is 24.4 Å². The van der Waals surface area contributed by atoms with Crippen molar-refractivity contribution in [3.8, 4) is 0 Å². The fourth-order valence-corrected chi connectivity index (χ4v) is 3.27. The van der Waals surface area contributed by atoms with E-state index in [-0.39, 0.29) is 5.91 Å². The molecule has 0 fully saturated rings. The van der Waals surface area contributed by atoms with Crippen molar-refractivity contribution in [2.24, 2.45) is 0 Å². The maximum Gasteiger partial charge on any atom is 0.256 e. The highest BCUT2D eigenvalue weighted by Gasteiger charge is 2.18. The van der Waals surface area contributed by atoms with E-state index in [1.807, 2.05) is 13.8 Å². The molecule has 2 aromatic heterocycles. The molecule has 1 amide bonds. The van der Waals surface area contributed by atoms with E-state index >= 15 is 0 Å². The van der Waals surface area contributed by atoms with Gasteiger partial charge in [0, 0.05) is 31.5 Å². The lowest BCUT2D eigenvalue weighted by atomic mass is 9.97. The van der Waals surface area contributed by atoms with E-state index in [1.165, 1.54) is 16.7 Å². The normalized spacial score (nSPS) is 11.1. The van der Waals surface area contributed by atoms with E-state index in [2.05, 4.69) is 42.5 Å². The molecule has 0 aliphatic rings. The lowest BCUT2D eigenvalue weighted by Gasteiger charge is -2.13. The number of nitrogens with zero attached hydrogens (tertiary/aromatic N) is 3. The first-order valence-electron chi connectivity index (χ1n) is 9.09. The lowest BCUT2D eigenvalue weighted by Crippen LogP contribution is -2.27. The Bertz CT molecular complexity index is 992. The Morgan fingerprint density at radius 1 is 1.22 bits per heavy atom. The molecule has 6 nitrogen and oxygen atoms in total. The van der Waals surface area contributed by atoms with Gasteiger partial charge in [0.1, 0.15) is 5.56 Å². The van der Waals surface area contributed by atoms with Crippen LogP contribution in [-0.4, -0.2) is 40.8 Å². The van der Waals surface area contributed by atoms with E-state index in [4.69, 9.17) is 9.72 Å². The third-order valence-corrected chi connectivity index (χ3v) is 4.92. The van der Waals surface area contributed by atoms with Gasteiger partial charge in [0.15, 0.2) is 5.65 Å². The molecule has 0 saturated carbocycles. The third-order valence-electron chi connectivity index (χ3n) is 4.92. The third kappa shape index (κ3) is 3.85. The Balaban J connectivity index is 1.97. The highest BCUT2D eigenvalue weighted by atomic mass is 16.5. The highest BCUT2D eigenvalue weighted by Crippen LogP contribution is 2.22. The molecule has 3 aromatic rings.